The van der Waals surface area contributed by atoms with Crippen LogP contribution < -0.4 is 5.73 Å². The molecule has 0 saturated carbocycles. The first kappa shape index (κ1) is 12.2. The van der Waals surface area contributed by atoms with E-state index in [1.165, 1.54) is 5.56 Å². The highest BCUT2D eigenvalue weighted by Gasteiger charge is 2.42. The molecule has 3 rings (SSSR count). The molecule has 2 aliphatic heterocycles. The minimum atomic E-state index is -0.0463. The van der Waals surface area contributed by atoms with Crippen molar-refractivity contribution >= 4 is 0 Å². The summed E-state index contributed by atoms with van der Waals surface area (Å²) in [7, 11) is 0. The maximum absolute atomic E-state index is 6.42. The zero-order chi connectivity index (χ0) is 12.4. The molecular weight excluding hydrogens is 226 g/mol. The monoisotopic (exact) mass is 247 g/mol. The van der Waals surface area contributed by atoms with E-state index in [9.17, 15) is 0 Å². The van der Waals surface area contributed by atoms with Gasteiger partial charge in [-0.3, -0.25) is 0 Å². The summed E-state index contributed by atoms with van der Waals surface area (Å²) in [5, 5.41) is 0. The summed E-state index contributed by atoms with van der Waals surface area (Å²) < 4.78 is 11.5. The zero-order valence-corrected chi connectivity index (χ0v) is 10.7. The van der Waals surface area contributed by atoms with Crippen molar-refractivity contribution in [2.24, 2.45) is 11.7 Å². The lowest BCUT2D eigenvalue weighted by atomic mass is 9.79. The van der Waals surface area contributed by atoms with Gasteiger partial charge < -0.3 is 15.2 Å². The number of nitrogens with two attached hydrogens (primary N) is 1. The Morgan fingerprint density at radius 3 is 2.78 bits per heavy atom. The van der Waals surface area contributed by atoms with Gasteiger partial charge in [-0.15, -0.1) is 0 Å². The molecule has 3 unspecified atom stereocenters. The molecule has 1 aromatic carbocycles. The van der Waals surface area contributed by atoms with Crippen LogP contribution in [0.4, 0.5) is 0 Å². The Kier molecular flexibility index (Phi) is 3.37. The molecule has 1 aromatic rings. The summed E-state index contributed by atoms with van der Waals surface area (Å²) in [4.78, 5) is 0. The van der Waals surface area contributed by atoms with E-state index in [0.717, 1.165) is 39.1 Å². The molecule has 3 atom stereocenters. The van der Waals surface area contributed by atoms with Gasteiger partial charge in [-0.1, -0.05) is 30.3 Å². The Morgan fingerprint density at radius 1 is 1.22 bits per heavy atom. The SMILES string of the molecule is NC(c1ccccc1)C1CCOC2(CCOC2)C1. The summed E-state index contributed by atoms with van der Waals surface area (Å²) >= 11 is 0. The number of hydrogen-bond acceptors (Lipinski definition) is 3. The molecule has 2 heterocycles. The average molecular weight is 247 g/mol. The molecule has 0 radical (unpaired) electrons. The van der Waals surface area contributed by atoms with Crippen molar-refractivity contribution in [3.63, 3.8) is 0 Å². The van der Waals surface area contributed by atoms with E-state index in [2.05, 4.69) is 24.3 Å². The molecule has 98 valence electrons. The Labute approximate surface area is 108 Å². The van der Waals surface area contributed by atoms with Gasteiger partial charge in [0, 0.05) is 25.7 Å². The van der Waals surface area contributed by atoms with Crippen LogP contribution in [0.1, 0.15) is 30.9 Å². The van der Waals surface area contributed by atoms with Gasteiger partial charge in [-0.05, 0) is 24.3 Å². The molecular formula is C15H21NO2. The fraction of sp³-hybridized carbons (Fsp3) is 0.600. The third-order valence-electron chi connectivity index (χ3n) is 4.29. The van der Waals surface area contributed by atoms with Crippen LogP contribution in [0.5, 0.6) is 0 Å². The quantitative estimate of drug-likeness (QED) is 0.872. The highest BCUT2D eigenvalue weighted by molar-refractivity contribution is 5.19. The Morgan fingerprint density at radius 2 is 2.06 bits per heavy atom. The first-order valence-electron chi connectivity index (χ1n) is 6.81. The van der Waals surface area contributed by atoms with Gasteiger partial charge in [-0.2, -0.15) is 0 Å². The van der Waals surface area contributed by atoms with Gasteiger partial charge in [0.05, 0.1) is 12.2 Å². The number of ether oxygens (including phenoxy) is 2. The van der Waals surface area contributed by atoms with Gasteiger partial charge in [0.1, 0.15) is 0 Å². The molecule has 1 spiro atoms. The number of benzene rings is 1. The van der Waals surface area contributed by atoms with Gasteiger partial charge in [0.2, 0.25) is 0 Å². The minimum absolute atomic E-state index is 0.0463. The standard InChI is InChI=1S/C15H21NO2/c16-14(12-4-2-1-3-5-12)13-6-8-18-15(10-13)7-9-17-11-15/h1-5,13-14H,6-11,16H2. The topological polar surface area (TPSA) is 44.5 Å². The fourth-order valence-corrected chi connectivity index (χ4v) is 3.18. The molecule has 0 amide bonds. The van der Waals surface area contributed by atoms with Crippen LogP contribution in [0.15, 0.2) is 30.3 Å². The summed E-state index contributed by atoms with van der Waals surface area (Å²) in [5.41, 5.74) is 7.61. The van der Waals surface area contributed by atoms with Crippen molar-refractivity contribution < 1.29 is 9.47 Å². The second-order valence-electron chi connectivity index (χ2n) is 5.52. The normalized spacial score (nSPS) is 33.7. The highest BCUT2D eigenvalue weighted by Crippen LogP contribution is 2.39. The molecule has 3 nitrogen and oxygen atoms in total. The van der Waals surface area contributed by atoms with Crippen LogP contribution in [-0.2, 0) is 9.47 Å². The molecule has 2 saturated heterocycles. The maximum Gasteiger partial charge on any atom is 0.0940 e. The zero-order valence-electron chi connectivity index (χ0n) is 10.7. The predicted octanol–water partition coefficient (Wildman–Crippen LogP) is 2.27. The first-order valence-corrected chi connectivity index (χ1v) is 6.81. The molecule has 0 aliphatic carbocycles. The molecule has 3 heteroatoms. The lowest BCUT2D eigenvalue weighted by Gasteiger charge is -2.39. The van der Waals surface area contributed by atoms with E-state index in [4.69, 9.17) is 15.2 Å². The van der Waals surface area contributed by atoms with Crippen molar-refractivity contribution in [2.75, 3.05) is 19.8 Å². The van der Waals surface area contributed by atoms with Crippen LogP contribution in [0, 0.1) is 5.92 Å². The summed E-state index contributed by atoms with van der Waals surface area (Å²) in [6.45, 7) is 2.38. The van der Waals surface area contributed by atoms with Crippen molar-refractivity contribution in [2.45, 2.75) is 30.9 Å². The molecule has 0 aromatic heterocycles. The van der Waals surface area contributed by atoms with E-state index in [0.29, 0.717) is 5.92 Å². The predicted molar refractivity (Wildman–Crippen MR) is 70.2 cm³/mol. The third kappa shape index (κ3) is 2.30. The van der Waals surface area contributed by atoms with Gasteiger partial charge in [0.15, 0.2) is 0 Å². The molecule has 2 fully saturated rings. The maximum atomic E-state index is 6.42. The molecule has 2 N–H and O–H groups in total. The third-order valence-corrected chi connectivity index (χ3v) is 4.29. The lowest BCUT2D eigenvalue weighted by molar-refractivity contribution is -0.101. The van der Waals surface area contributed by atoms with Crippen LogP contribution in [0.3, 0.4) is 0 Å². The largest absolute Gasteiger partial charge is 0.378 e. The highest BCUT2D eigenvalue weighted by atomic mass is 16.6. The van der Waals surface area contributed by atoms with Crippen LogP contribution in [0.2, 0.25) is 0 Å². The fourth-order valence-electron chi connectivity index (χ4n) is 3.18. The van der Waals surface area contributed by atoms with E-state index >= 15 is 0 Å². The van der Waals surface area contributed by atoms with E-state index in [-0.39, 0.29) is 11.6 Å². The molecule has 2 aliphatic rings. The summed E-state index contributed by atoms with van der Waals surface area (Å²) in [5.74, 6) is 0.503. The summed E-state index contributed by atoms with van der Waals surface area (Å²) in [6.07, 6.45) is 3.10. The molecule has 0 bridgehead atoms. The Bertz CT molecular complexity index is 387. The minimum Gasteiger partial charge on any atom is -0.378 e. The Hall–Kier alpha value is -0.900. The van der Waals surface area contributed by atoms with Crippen molar-refractivity contribution in [1.82, 2.24) is 0 Å². The second kappa shape index (κ2) is 5.00. The van der Waals surface area contributed by atoms with E-state index < -0.39 is 0 Å². The van der Waals surface area contributed by atoms with Crippen molar-refractivity contribution in [1.29, 1.82) is 0 Å². The van der Waals surface area contributed by atoms with Crippen LogP contribution in [0.25, 0.3) is 0 Å². The average Bonchev–Trinajstić information content (AvgIpc) is 2.87. The van der Waals surface area contributed by atoms with E-state index in [1.807, 2.05) is 6.07 Å². The van der Waals surface area contributed by atoms with Crippen LogP contribution in [-0.4, -0.2) is 25.4 Å². The number of rotatable bonds is 2. The summed E-state index contributed by atoms with van der Waals surface area (Å²) in [6, 6.07) is 10.5. The molecule has 18 heavy (non-hydrogen) atoms. The lowest BCUT2D eigenvalue weighted by Crippen LogP contribution is -2.43. The van der Waals surface area contributed by atoms with Crippen molar-refractivity contribution in [3.05, 3.63) is 35.9 Å². The Balaban J connectivity index is 1.72. The second-order valence-corrected chi connectivity index (χ2v) is 5.52. The van der Waals surface area contributed by atoms with Gasteiger partial charge >= 0.3 is 0 Å². The smallest absolute Gasteiger partial charge is 0.0940 e. The van der Waals surface area contributed by atoms with Gasteiger partial charge in [-0.25, -0.2) is 0 Å². The van der Waals surface area contributed by atoms with Gasteiger partial charge in [0.25, 0.3) is 0 Å². The number of hydrogen-bond donors (Lipinski definition) is 1. The first-order chi connectivity index (χ1) is 8.79. The van der Waals surface area contributed by atoms with E-state index in [1.54, 1.807) is 0 Å². The van der Waals surface area contributed by atoms with Crippen molar-refractivity contribution in [3.8, 4) is 0 Å². The van der Waals surface area contributed by atoms with Crippen LogP contribution >= 0.6 is 0 Å².